The number of hydrogen-bond donors (Lipinski definition) is 0. The number of benzene rings is 1. The van der Waals surface area contributed by atoms with Gasteiger partial charge in [-0.05, 0) is 37.9 Å². The second-order valence-electron chi connectivity index (χ2n) is 1.51. The summed E-state index contributed by atoms with van der Waals surface area (Å²) in [5.41, 5.74) is 0. The molecule has 1 aromatic rings. The molecule has 0 aliphatic rings. The maximum Gasteiger partial charge on any atom is 0.140 e. The summed E-state index contributed by atoms with van der Waals surface area (Å²) in [6, 6.07) is -1.18. The monoisotopic (exact) mass is 272 g/mol. The van der Waals surface area contributed by atoms with E-state index in [1.54, 1.807) is 0 Å². The summed E-state index contributed by atoms with van der Waals surface area (Å²) >= 11 is 5.47. The zero-order chi connectivity index (χ0) is 9.46. The SMILES string of the molecule is [2H]c1c(F)c(Br)c([2H])c(Br)c1F. The van der Waals surface area contributed by atoms with Crippen molar-refractivity contribution in [1.82, 2.24) is 0 Å². The Morgan fingerprint density at radius 3 is 1.90 bits per heavy atom. The second-order valence-corrected chi connectivity index (χ2v) is 3.09. The molecule has 0 amide bonds. The fraction of sp³-hybridized carbons (Fsp3) is 0. The van der Waals surface area contributed by atoms with Gasteiger partial charge in [-0.2, -0.15) is 0 Å². The number of halogens is 4. The Labute approximate surface area is 76.3 Å². The third-order valence-corrected chi connectivity index (χ3v) is 1.92. The molecule has 0 saturated carbocycles. The van der Waals surface area contributed by atoms with E-state index in [-0.39, 0.29) is 15.0 Å². The van der Waals surface area contributed by atoms with Crippen molar-refractivity contribution in [2.75, 3.05) is 0 Å². The van der Waals surface area contributed by atoms with E-state index in [9.17, 15) is 8.78 Å². The minimum Gasteiger partial charge on any atom is -0.206 e. The number of rotatable bonds is 0. The molecule has 1 rings (SSSR count). The van der Waals surface area contributed by atoms with Gasteiger partial charge in [0.2, 0.25) is 0 Å². The molecule has 0 aliphatic carbocycles. The summed E-state index contributed by atoms with van der Waals surface area (Å²) in [7, 11) is 0. The van der Waals surface area contributed by atoms with Crippen LogP contribution in [-0.4, -0.2) is 0 Å². The molecule has 0 unspecified atom stereocenters. The fourth-order valence-electron chi connectivity index (χ4n) is 0.412. The molecule has 0 fully saturated rings. The Kier molecular flexibility index (Phi) is 1.68. The largest absolute Gasteiger partial charge is 0.206 e. The third-order valence-electron chi connectivity index (χ3n) is 0.824. The van der Waals surface area contributed by atoms with Crippen molar-refractivity contribution in [2.24, 2.45) is 0 Å². The first-order valence-corrected chi connectivity index (χ1v) is 3.84. The average molecular weight is 274 g/mol. The average Bonchev–Trinajstić information content (AvgIpc) is 2.08. The molecule has 54 valence electrons. The molecule has 0 heterocycles. The van der Waals surface area contributed by atoms with Gasteiger partial charge in [0.05, 0.1) is 11.7 Å². The van der Waals surface area contributed by atoms with Crippen molar-refractivity contribution in [1.29, 1.82) is 0 Å². The van der Waals surface area contributed by atoms with Crippen LogP contribution in [0, 0.1) is 11.6 Å². The van der Waals surface area contributed by atoms with Crippen LogP contribution in [0.5, 0.6) is 0 Å². The predicted molar refractivity (Wildman–Crippen MR) is 41.8 cm³/mol. The van der Waals surface area contributed by atoms with Crippen LogP contribution in [0.4, 0.5) is 8.78 Å². The highest BCUT2D eigenvalue weighted by atomic mass is 79.9. The van der Waals surface area contributed by atoms with Crippen LogP contribution in [0.3, 0.4) is 0 Å². The van der Waals surface area contributed by atoms with E-state index in [2.05, 4.69) is 31.9 Å². The van der Waals surface area contributed by atoms with Gasteiger partial charge in [0, 0.05) is 6.04 Å². The van der Waals surface area contributed by atoms with E-state index >= 15 is 0 Å². The smallest absolute Gasteiger partial charge is 0.140 e. The molecular formula is C6H2Br2F2. The van der Waals surface area contributed by atoms with Gasteiger partial charge in [-0.25, -0.2) is 8.78 Å². The van der Waals surface area contributed by atoms with Gasteiger partial charge in [-0.3, -0.25) is 0 Å². The van der Waals surface area contributed by atoms with Gasteiger partial charge in [-0.15, -0.1) is 0 Å². The first kappa shape index (κ1) is 5.66. The summed E-state index contributed by atoms with van der Waals surface area (Å²) in [4.78, 5) is 0. The Bertz CT molecular complexity index is 236. The summed E-state index contributed by atoms with van der Waals surface area (Å²) in [5.74, 6) is -2.11. The molecule has 4 heteroatoms. The maximum atomic E-state index is 12.8. The van der Waals surface area contributed by atoms with Gasteiger partial charge < -0.3 is 0 Å². The number of hydrogen-bond acceptors (Lipinski definition) is 0. The summed E-state index contributed by atoms with van der Waals surface area (Å²) in [5, 5.41) is 0. The van der Waals surface area contributed by atoms with Crippen molar-refractivity contribution >= 4 is 31.9 Å². The highest BCUT2D eigenvalue weighted by Gasteiger charge is 2.04. The molecule has 0 bridgehead atoms. The molecule has 0 atom stereocenters. The van der Waals surface area contributed by atoms with E-state index in [1.807, 2.05) is 0 Å². The summed E-state index contributed by atoms with van der Waals surface area (Å²) < 4.78 is 39.3. The van der Waals surface area contributed by atoms with Gasteiger partial charge >= 0.3 is 0 Å². The normalized spacial score (nSPS) is 12.8. The molecule has 1 aromatic carbocycles. The van der Waals surface area contributed by atoms with E-state index in [0.717, 1.165) is 0 Å². The lowest BCUT2D eigenvalue weighted by atomic mass is 10.3. The van der Waals surface area contributed by atoms with Gasteiger partial charge in [0.1, 0.15) is 11.6 Å². The molecular weight excluding hydrogens is 270 g/mol. The Balaban J connectivity index is 3.60. The van der Waals surface area contributed by atoms with Crippen LogP contribution < -0.4 is 0 Å². The van der Waals surface area contributed by atoms with Crippen molar-refractivity contribution in [3.8, 4) is 0 Å². The Morgan fingerprint density at radius 2 is 1.50 bits per heavy atom. The van der Waals surface area contributed by atoms with E-state index in [1.165, 1.54) is 0 Å². The molecule has 0 saturated heterocycles. The van der Waals surface area contributed by atoms with Gasteiger partial charge in [0.25, 0.3) is 0 Å². The molecule has 0 N–H and O–H groups in total. The molecule has 0 radical (unpaired) electrons. The summed E-state index contributed by atoms with van der Waals surface area (Å²) in [6.07, 6.45) is 0. The predicted octanol–water partition coefficient (Wildman–Crippen LogP) is 3.49. The lowest BCUT2D eigenvalue weighted by molar-refractivity contribution is 0.575. The standard InChI is InChI=1S/C6H2Br2F2/c7-3-1-4(8)6(10)2-5(3)9/h1-2H/i1D,2D. The molecule has 0 spiro atoms. The topological polar surface area (TPSA) is 0 Å². The van der Waals surface area contributed by atoms with Crippen LogP contribution >= 0.6 is 31.9 Å². The Morgan fingerprint density at radius 1 is 1.10 bits per heavy atom. The second kappa shape index (κ2) is 2.96. The first-order chi connectivity index (χ1) is 5.46. The van der Waals surface area contributed by atoms with Crippen molar-refractivity contribution in [2.45, 2.75) is 0 Å². The molecule has 0 nitrogen and oxygen atoms in total. The third kappa shape index (κ3) is 1.55. The zero-order valence-corrected chi connectivity index (χ0v) is 7.68. The molecule has 0 aromatic heterocycles. The van der Waals surface area contributed by atoms with Crippen molar-refractivity contribution in [3.05, 3.63) is 32.7 Å². The van der Waals surface area contributed by atoms with Gasteiger partial charge in [0.15, 0.2) is 0 Å². The van der Waals surface area contributed by atoms with Crippen LogP contribution in [0.15, 0.2) is 21.0 Å². The quantitative estimate of drug-likeness (QED) is 0.635. The zero-order valence-electron chi connectivity index (χ0n) is 6.51. The van der Waals surface area contributed by atoms with Gasteiger partial charge in [-0.1, -0.05) is 0 Å². The lowest BCUT2D eigenvalue weighted by Crippen LogP contribution is -1.81. The van der Waals surface area contributed by atoms with Crippen LogP contribution in [0.1, 0.15) is 2.74 Å². The molecule has 10 heavy (non-hydrogen) atoms. The van der Waals surface area contributed by atoms with Crippen LogP contribution in [0.2, 0.25) is 0 Å². The van der Waals surface area contributed by atoms with Crippen molar-refractivity contribution < 1.29 is 11.5 Å². The van der Waals surface area contributed by atoms with E-state index in [4.69, 9.17) is 2.74 Å². The van der Waals surface area contributed by atoms with Crippen LogP contribution in [0.25, 0.3) is 0 Å². The highest BCUT2D eigenvalue weighted by molar-refractivity contribution is 9.11. The van der Waals surface area contributed by atoms with Crippen molar-refractivity contribution in [3.63, 3.8) is 0 Å². The first-order valence-electron chi connectivity index (χ1n) is 3.26. The lowest BCUT2D eigenvalue weighted by Gasteiger charge is -1.95. The van der Waals surface area contributed by atoms with E-state index < -0.39 is 17.7 Å². The Hall–Kier alpha value is 0.0400. The minimum absolute atomic E-state index is 0.208. The highest BCUT2D eigenvalue weighted by Crippen LogP contribution is 2.23. The minimum atomic E-state index is -1.05. The molecule has 0 aliphatic heterocycles. The maximum absolute atomic E-state index is 12.8. The van der Waals surface area contributed by atoms with E-state index in [0.29, 0.717) is 0 Å². The van der Waals surface area contributed by atoms with Crippen LogP contribution in [-0.2, 0) is 0 Å². The fourth-order valence-corrected chi connectivity index (χ4v) is 1.27. The summed E-state index contributed by atoms with van der Waals surface area (Å²) in [6.45, 7) is 0.